The van der Waals surface area contributed by atoms with Crippen molar-refractivity contribution in [2.75, 3.05) is 25.6 Å². The zero-order chi connectivity index (χ0) is 12.9. The molecule has 0 heterocycles. The summed E-state index contributed by atoms with van der Waals surface area (Å²) in [6.45, 7) is 0.459. The van der Waals surface area contributed by atoms with Crippen LogP contribution in [0.3, 0.4) is 0 Å². The quantitative estimate of drug-likeness (QED) is 0.814. The van der Waals surface area contributed by atoms with Gasteiger partial charge in [0.05, 0.1) is 16.5 Å². The smallest absolute Gasteiger partial charge is 0.207 e. The van der Waals surface area contributed by atoms with Crippen LogP contribution in [0.1, 0.15) is 5.56 Å². The molecule has 1 aromatic rings. The maximum atomic E-state index is 12.1. The maximum Gasteiger partial charge on any atom is 0.242 e. The molecule has 0 saturated carbocycles. The summed E-state index contributed by atoms with van der Waals surface area (Å²) in [6, 6.07) is 8.00. The molecule has 0 spiro atoms. The second-order valence-corrected chi connectivity index (χ2v) is 6.49. The van der Waals surface area contributed by atoms with Gasteiger partial charge in [-0.1, -0.05) is 6.07 Å². The van der Waals surface area contributed by atoms with Crippen LogP contribution >= 0.6 is 11.8 Å². The average molecular weight is 270 g/mol. The Hall–Kier alpha value is -1.03. The molecular formula is C11H14N2O2S2. The first kappa shape index (κ1) is 14.0. The van der Waals surface area contributed by atoms with Crippen molar-refractivity contribution < 1.29 is 8.42 Å². The molecule has 6 heteroatoms. The van der Waals surface area contributed by atoms with Gasteiger partial charge < -0.3 is 0 Å². The minimum absolute atomic E-state index is 0.167. The van der Waals surface area contributed by atoms with E-state index in [1.165, 1.54) is 16.4 Å². The van der Waals surface area contributed by atoms with Crippen molar-refractivity contribution in [1.82, 2.24) is 4.31 Å². The Labute approximate surface area is 106 Å². The maximum absolute atomic E-state index is 12.1. The second-order valence-electron chi connectivity index (χ2n) is 3.46. The third-order valence-electron chi connectivity index (χ3n) is 2.28. The molecule has 0 unspecified atom stereocenters. The summed E-state index contributed by atoms with van der Waals surface area (Å²) in [5, 5.41) is 8.75. The Kier molecular flexibility index (Phi) is 5.00. The van der Waals surface area contributed by atoms with Gasteiger partial charge in [-0.25, -0.2) is 12.7 Å². The van der Waals surface area contributed by atoms with Crippen molar-refractivity contribution in [3.05, 3.63) is 29.8 Å². The number of thioether (sulfide) groups is 1. The Morgan fingerprint density at radius 1 is 1.47 bits per heavy atom. The number of rotatable bonds is 5. The van der Waals surface area contributed by atoms with E-state index in [0.29, 0.717) is 12.1 Å². The van der Waals surface area contributed by atoms with Crippen molar-refractivity contribution >= 4 is 21.8 Å². The molecule has 92 valence electrons. The fraction of sp³-hybridized carbons (Fsp3) is 0.364. The molecule has 0 N–H and O–H groups in total. The highest BCUT2D eigenvalue weighted by molar-refractivity contribution is 7.98. The highest BCUT2D eigenvalue weighted by atomic mass is 32.2. The lowest BCUT2D eigenvalue weighted by Crippen LogP contribution is -2.29. The van der Waals surface area contributed by atoms with Gasteiger partial charge in [-0.3, -0.25) is 0 Å². The Morgan fingerprint density at radius 2 is 2.18 bits per heavy atom. The van der Waals surface area contributed by atoms with E-state index in [-0.39, 0.29) is 4.90 Å². The average Bonchev–Trinajstić information content (AvgIpc) is 2.35. The molecule has 0 saturated heterocycles. The van der Waals surface area contributed by atoms with Gasteiger partial charge in [0, 0.05) is 19.3 Å². The lowest BCUT2D eigenvalue weighted by Gasteiger charge is -2.16. The molecule has 0 fully saturated rings. The fourth-order valence-electron chi connectivity index (χ4n) is 1.25. The Balaban J connectivity index is 3.01. The lowest BCUT2D eigenvalue weighted by molar-refractivity contribution is 0.488. The number of hydrogen-bond donors (Lipinski definition) is 0. The van der Waals surface area contributed by atoms with Gasteiger partial charge in [0.1, 0.15) is 0 Å². The minimum Gasteiger partial charge on any atom is -0.207 e. The van der Waals surface area contributed by atoms with Crippen molar-refractivity contribution in [3.63, 3.8) is 0 Å². The summed E-state index contributed by atoms with van der Waals surface area (Å²) in [7, 11) is -1.93. The molecule has 0 amide bonds. The van der Waals surface area contributed by atoms with Gasteiger partial charge in [-0.2, -0.15) is 17.0 Å². The monoisotopic (exact) mass is 270 g/mol. The van der Waals surface area contributed by atoms with Gasteiger partial charge in [-0.05, 0) is 24.5 Å². The first-order valence-electron chi connectivity index (χ1n) is 4.98. The molecule has 0 radical (unpaired) electrons. The van der Waals surface area contributed by atoms with Crippen LogP contribution in [0, 0.1) is 11.3 Å². The van der Waals surface area contributed by atoms with Gasteiger partial charge in [0.15, 0.2) is 0 Å². The first-order chi connectivity index (χ1) is 8.02. The van der Waals surface area contributed by atoms with E-state index in [9.17, 15) is 8.42 Å². The van der Waals surface area contributed by atoms with Crippen LogP contribution in [-0.4, -0.2) is 38.3 Å². The van der Waals surface area contributed by atoms with E-state index in [2.05, 4.69) is 0 Å². The highest BCUT2D eigenvalue weighted by Crippen LogP contribution is 2.15. The largest absolute Gasteiger partial charge is 0.242 e. The standard InChI is InChI=1S/C11H14N2O2S2/c1-13(6-7-16-2)17(14,15)11-5-3-4-10(8-11)9-12/h3-5,8H,6-7H2,1-2H3. The van der Waals surface area contributed by atoms with Crippen LogP contribution in [0.2, 0.25) is 0 Å². The van der Waals surface area contributed by atoms with Gasteiger partial charge in [0.25, 0.3) is 0 Å². The van der Waals surface area contributed by atoms with E-state index in [1.807, 2.05) is 12.3 Å². The summed E-state index contributed by atoms with van der Waals surface area (Å²) in [5.74, 6) is 0.744. The number of benzene rings is 1. The van der Waals surface area contributed by atoms with E-state index in [4.69, 9.17) is 5.26 Å². The molecule has 0 bridgehead atoms. The minimum atomic E-state index is -3.47. The molecule has 1 aromatic carbocycles. The zero-order valence-corrected chi connectivity index (χ0v) is 11.4. The summed E-state index contributed by atoms with van der Waals surface area (Å²) in [6.07, 6.45) is 1.93. The van der Waals surface area contributed by atoms with Gasteiger partial charge in [0.2, 0.25) is 10.0 Å². The number of sulfonamides is 1. The van der Waals surface area contributed by atoms with E-state index in [1.54, 1.807) is 30.9 Å². The van der Waals surface area contributed by atoms with Crippen LogP contribution in [-0.2, 0) is 10.0 Å². The molecule has 0 aliphatic rings. The predicted octanol–water partition coefficient (Wildman–Crippen LogP) is 1.54. The van der Waals surface area contributed by atoms with Crippen LogP contribution in [0.15, 0.2) is 29.2 Å². The fourth-order valence-corrected chi connectivity index (χ4v) is 3.04. The van der Waals surface area contributed by atoms with Crippen molar-refractivity contribution in [1.29, 1.82) is 5.26 Å². The first-order valence-corrected chi connectivity index (χ1v) is 7.81. The zero-order valence-electron chi connectivity index (χ0n) is 9.75. The summed E-state index contributed by atoms with van der Waals surface area (Å²) < 4.78 is 25.5. The van der Waals surface area contributed by atoms with Crippen LogP contribution < -0.4 is 0 Å². The highest BCUT2D eigenvalue weighted by Gasteiger charge is 2.20. The lowest BCUT2D eigenvalue weighted by atomic mass is 10.2. The molecule has 17 heavy (non-hydrogen) atoms. The Bertz CT molecular complexity index is 521. The summed E-state index contributed by atoms with van der Waals surface area (Å²) in [5.41, 5.74) is 0.351. The van der Waals surface area contributed by atoms with Crippen molar-refractivity contribution in [3.8, 4) is 6.07 Å². The Morgan fingerprint density at radius 3 is 2.76 bits per heavy atom. The van der Waals surface area contributed by atoms with Crippen molar-refractivity contribution in [2.24, 2.45) is 0 Å². The molecule has 0 aliphatic heterocycles. The third kappa shape index (κ3) is 3.46. The summed E-state index contributed by atoms with van der Waals surface area (Å²) >= 11 is 1.59. The van der Waals surface area contributed by atoms with Crippen LogP contribution in [0.5, 0.6) is 0 Å². The molecule has 1 rings (SSSR count). The third-order valence-corrected chi connectivity index (χ3v) is 4.73. The molecule has 0 atom stereocenters. The second kappa shape index (κ2) is 6.05. The number of nitrogens with zero attached hydrogens (tertiary/aromatic N) is 2. The number of hydrogen-bond acceptors (Lipinski definition) is 4. The van der Waals surface area contributed by atoms with Gasteiger partial charge >= 0.3 is 0 Å². The number of nitriles is 1. The van der Waals surface area contributed by atoms with Crippen molar-refractivity contribution in [2.45, 2.75) is 4.90 Å². The predicted molar refractivity (Wildman–Crippen MR) is 69.4 cm³/mol. The van der Waals surface area contributed by atoms with Crippen LogP contribution in [0.4, 0.5) is 0 Å². The molecule has 4 nitrogen and oxygen atoms in total. The molecule has 0 aliphatic carbocycles. The SMILES string of the molecule is CSCCN(C)S(=O)(=O)c1cccc(C#N)c1. The summed E-state index contributed by atoms with van der Waals surface area (Å²) in [4.78, 5) is 0.167. The van der Waals surface area contributed by atoms with Crippen LogP contribution in [0.25, 0.3) is 0 Å². The van der Waals surface area contributed by atoms with Gasteiger partial charge in [-0.15, -0.1) is 0 Å². The normalized spacial score (nSPS) is 11.4. The van der Waals surface area contributed by atoms with E-state index >= 15 is 0 Å². The topological polar surface area (TPSA) is 61.2 Å². The van der Waals surface area contributed by atoms with E-state index < -0.39 is 10.0 Å². The van der Waals surface area contributed by atoms with E-state index in [0.717, 1.165) is 5.75 Å². The molecular weight excluding hydrogens is 256 g/mol. The molecule has 0 aromatic heterocycles.